The zero-order chi connectivity index (χ0) is 13.9. The molecule has 0 aromatic heterocycles. The lowest BCUT2D eigenvalue weighted by Gasteiger charge is -2.31. The second-order valence-electron chi connectivity index (χ2n) is 3.54. The summed E-state index contributed by atoms with van der Waals surface area (Å²) in [7, 11) is -3.20. The van der Waals surface area contributed by atoms with Crippen molar-refractivity contribution in [2.45, 2.75) is 6.04 Å². The number of rotatable bonds is 4. The molecule has 1 unspecified atom stereocenters. The van der Waals surface area contributed by atoms with Gasteiger partial charge in [0.25, 0.3) is 0 Å². The minimum Gasteiger partial charge on any atom is -0.480 e. The number of piperazine rings is 1. The molecule has 18 heavy (non-hydrogen) atoms. The number of hydrogen-bond acceptors (Lipinski definition) is 6. The van der Waals surface area contributed by atoms with Crippen molar-refractivity contribution >= 4 is 27.9 Å². The van der Waals surface area contributed by atoms with E-state index >= 15 is 0 Å². The Kier molecular flexibility index (Phi) is 4.24. The number of nitrogens with one attached hydrogen (secondary N) is 1. The molecule has 102 valence electrons. The predicted molar refractivity (Wildman–Crippen MR) is 56.9 cm³/mol. The van der Waals surface area contributed by atoms with E-state index in [2.05, 4.69) is 10.1 Å². The number of carbonyl (C=O) groups excluding carboxylic acids is 2. The highest BCUT2D eigenvalue weighted by molar-refractivity contribution is 7.89. The lowest BCUT2D eigenvalue weighted by molar-refractivity contribution is -0.144. The van der Waals surface area contributed by atoms with E-state index in [0.717, 1.165) is 7.11 Å². The zero-order valence-electron chi connectivity index (χ0n) is 9.45. The molecule has 0 saturated carbocycles. The van der Waals surface area contributed by atoms with Crippen LogP contribution in [-0.2, 0) is 29.1 Å². The summed E-state index contributed by atoms with van der Waals surface area (Å²) in [5.74, 6) is -4.05. The third-order valence-corrected chi connectivity index (χ3v) is 4.01. The van der Waals surface area contributed by atoms with E-state index in [9.17, 15) is 22.8 Å². The first kappa shape index (κ1) is 14.4. The summed E-state index contributed by atoms with van der Waals surface area (Å²) >= 11 is 0. The van der Waals surface area contributed by atoms with Gasteiger partial charge in [-0.3, -0.25) is 14.4 Å². The molecule has 9 nitrogen and oxygen atoms in total. The van der Waals surface area contributed by atoms with Crippen molar-refractivity contribution in [1.29, 1.82) is 0 Å². The highest BCUT2D eigenvalue weighted by Gasteiger charge is 2.40. The first-order chi connectivity index (χ1) is 8.27. The Morgan fingerprint density at radius 3 is 2.67 bits per heavy atom. The minimum absolute atomic E-state index is 0.339. The molecule has 1 rings (SSSR count). The van der Waals surface area contributed by atoms with Crippen molar-refractivity contribution in [2.24, 2.45) is 0 Å². The van der Waals surface area contributed by atoms with Crippen LogP contribution in [0.5, 0.6) is 0 Å². The predicted octanol–water partition coefficient (Wildman–Crippen LogP) is -2.63. The van der Waals surface area contributed by atoms with Crippen LogP contribution in [-0.4, -0.2) is 67.7 Å². The first-order valence-electron chi connectivity index (χ1n) is 4.83. The van der Waals surface area contributed by atoms with Crippen LogP contribution < -0.4 is 5.32 Å². The molecule has 1 saturated heterocycles. The fourth-order valence-corrected chi connectivity index (χ4v) is 2.86. The standard InChI is InChI=1S/C8H12N2O7S/c1-17-7(12)4-18(15,16)10-3-6(11)9-2-5(10)8(13)14/h5H,2-4H2,1H3,(H,9,11)(H,13,14). The quantitative estimate of drug-likeness (QED) is 0.539. The van der Waals surface area contributed by atoms with Crippen molar-refractivity contribution < 1.29 is 32.6 Å². The Balaban J connectivity index is 2.97. The van der Waals surface area contributed by atoms with Crippen LogP contribution in [0.4, 0.5) is 0 Å². The Morgan fingerprint density at radius 1 is 1.56 bits per heavy atom. The topological polar surface area (TPSA) is 130 Å². The molecule has 1 amide bonds. The van der Waals surface area contributed by atoms with Gasteiger partial charge in [0.15, 0.2) is 5.75 Å². The molecule has 1 fully saturated rings. The molecule has 0 aliphatic carbocycles. The number of sulfonamides is 1. The summed E-state index contributed by atoms with van der Waals surface area (Å²) in [6.45, 7) is -0.967. The largest absolute Gasteiger partial charge is 0.480 e. The van der Waals surface area contributed by atoms with Crippen molar-refractivity contribution in [1.82, 2.24) is 9.62 Å². The Labute approximate surface area is 103 Å². The van der Waals surface area contributed by atoms with Crippen LogP contribution in [0.25, 0.3) is 0 Å². The SMILES string of the molecule is COC(=O)CS(=O)(=O)N1CC(=O)NCC1C(=O)O. The number of hydrogen-bond donors (Lipinski definition) is 2. The van der Waals surface area contributed by atoms with Crippen LogP contribution >= 0.6 is 0 Å². The molecule has 0 radical (unpaired) electrons. The maximum atomic E-state index is 11.8. The van der Waals surface area contributed by atoms with Gasteiger partial charge in [-0.1, -0.05) is 0 Å². The summed E-state index contributed by atoms with van der Waals surface area (Å²) in [5.41, 5.74) is 0. The molecular formula is C8H12N2O7S. The Hall–Kier alpha value is -1.68. The van der Waals surface area contributed by atoms with Gasteiger partial charge in [-0.2, -0.15) is 4.31 Å². The Bertz CT molecular complexity index is 472. The second-order valence-corrected chi connectivity index (χ2v) is 5.46. The summed E-state index contributed by atoms with van der Waals surface area (Å²) in [4.78, 5) is 33.0. The molecule has 1 aliphatic rings. The first-order valence-corrected chi connectivity index (χ1v) is 6.44. The maximum absolute atomic E-state index is 11.8. The van der Waals surface area contributed by atoms with Gasteiger partial charge < -0.3 is 15.2 Å². The fraction of sp³-hybridized carbons (Fsp3) is 0.625. The minimum atomic E-state index is -4.20. The molecule has 0 aromatic rings. The summed E-state index contributed by atoms with van der Waals surface area (Å²) < 4.78 is 28.3. The number of amides is 1. The molecule has 1 atom stereocenters. The molecule has 0 spiro atoms. The summed E-state index contributed by atoms with van der Waals surface area (Å²) in [6, 6.07) is -1.42. The number of ether oxygens (including phenoxy) is 1. The van der Waals surface area contributed by atoms with Gasteiger partial charge in [-0.25, -0.2) is 8.42 Å². The molecule has 1 heterocycles. The zero-order valence-corrected chi connectivity index (χ0v) is 10.3. The van der Waals surface area contributed by atoms with E-state index < -0.39 is 46.2 Å². The van der Waals surface area contributed by atoms with Gasteiger partial charge in [0.1, 0.15) is 6.04 Å². The fourth-order valence-electron chi connectivity index (χ4n) is 1.41. The maximum Gasteiger partial charge on any atom is 0.323 e. The average Bonchev–Trinajstić information content (AvgIpc) is 2.27. The molecule has 0 bridgehead atoms. The third-order valence-electron chi connectivity index (χ3n) is 2.31. The van der Waals surface area contributed by atoms with Crippen LogP contribution in [0, 0.1) is 0 Å². The highest BCUT2D eigenvalue weighted by atomic mass is 32.2. The molecular weight excluding hydrogens is 268 g/mol. The van der Waals surface area contributed by atoms with Crippen LogP contribution in [0.15, 0.2) is 0 Å². The average molecular weight is 280 g/mol. The normalized spacial score (nSPS) is 21.2. The monoisotopic (exact) mass is 280 g/mol. The van der Waals surface area contributed by atoms with E-state index in [1.165, 1.54) is 0 Å². The Morgan fingerprint density at radius 2 is 2.17 bits per heavy atom. The van der Waals surface area contributed by atoms with Gasteiger partial charge in [0.2, 0.25) is 15.9 Å². The lowest BCUT2D eigenvalue weighted by Crippen LogP contribution is -2.59. The number of carbonyl (C=O) groups is 3. The molecule has 0 aromatic carbocycles. The number of carboxylic acid groups (broad SMARTS) is 1. The van der Waals surface area contributed by atoms with E-state index in [1.54, 1.807) is 0 Å². The van der Waals surface area contributed by atoms with Crippen LogP contribution in [0.3, 0.4) is 0 Å². The van der Waals surface area contributed by atoms with Gasteiger partial charge in [-0.15, -0.1) is 0 Å². The van der Waals surface area contributed by atoms with Gasteiger partial charge in [0.05, 0.1) is 13.7 Å². The van der Waals surface area contributed by atoms with Crippen molar-refractivity contribution in [2.75, 3.05) is 26.0 Å². The van der Waals surface area contributed by atoms with E-state index in [4.69, 9.17) is 5.11 Å². The molecule has 10 heteroatoms. The number of nitrogens with zero attached hydrogens (tertiary/aromatic N) is 1. The van der Waals surface area contributed by atoms with Crippen molar-refractivity contribution in [3.63, 3.8) is 0 Å². The highest BCUT2D eigenvalue weighted by Crippen LogP contribution is 2.11. The number of aliphatic carboxylic acids is 1. The van der Waals surface area contributed by atoms with E-state index in [0.29, 0.717) is 4.31 Å². The van der Waals surface area contributed by atoms with Gasteiger partial charge in [-0.05, 0) is 0 Å². The third kappa shape index (κ3) is 3.17. The number of esters is 1. The van der Waals surface area contributed by atoms with E-state index in [1.807, 2.05) is 0 Å². The second kappa shape index (κ2) is 5.31. The smallest absolute Gasteiger partial charge is 0.323 e. The number of carboxylic acids is 1. The van der Waals surface area contributed by atoms with Gasteiger partial charge in [0, 0.05) is 6.54 Å². The lowest BCUT2D eigenvalue weighted by atomic mass is 10.2. The van der Waals surface area contributed by atoms with Crippen LogP contribution in [0.1, 0.15) is 0 Å². The van der Waals surface area contributed by atoms with Crippen molar-refractivity contribution in [3.8, 4) is 0 Å². The van der Waals surface area contributed by atoms with Gasteiger partial charge >= 0.3 is 11.9 Å². The van der Waals surface area contributed by atoms with E-state index in [-0.39, 0.29) is 6.54 Å². The molecule has 1 aliphatic heterocycles. The summed E-state index contributed by atoms with van der Waals surface area (Å²) in [5, 5.41) is 11.1. The molecule has 2 N–H and O–H groups in total. The number of methoxy groups -OCH3 is 1. The summed E-state index contributed by atoms with van der Waals surface area (Å²) in [6.07, 6.45) is 0. The van der Waals surface area contributed by atoms with Crippen molar-refractivity contribution in [3.05, 3.63) is 0 Å². The van der Waals surface area contributed by atoms with Crippen LogP contribution in [0.2, 0.25) is 0 Å².